The molecule has 74 valence electrons. The summed E-state index contributed by atoms with van der Waals surface area (Å²) in [6.45, 7) is 1.79. The highest BCUT2D eigenvalue weighted by Gasteiger charge is 2.31. The quantitative estimate of drug-likeness (QED) is 0.811. The lowest BCUT2D eigenvalue weighted by Crippen LogP contribution is -2.18. The van der Waals surface area contributed by atoms with Crippen molar-refractivity contribution in [1.29, 1.82) is 0 Å². The van der Waals surface area contributed by atoms with E-state index in [-0.39, 0.29) is 11.8 Å². The Kier molecular flexibility index (Phi) is 2.50. The van der Waals surface area contributed by atoms with Crippen LogP contribution >= 0.6 is 11.8 Å². The molecule has 1 aromatic carbocycles. The lowest BCUT2D eigenvalue weighted by Gasteiger charge is -2.14. The van der Waals surface area contributed by atoms with Gasteiger partial charge in [-0.15, -0.1) is 11.8 Å². The summed E-state index contributed by atoms with van der Waals surface area (Å²) in [6.07, 6.45) is 0. The van der Waals surface area contributed by atoms with E-state index in [4.69, 9.17) is 5.11 Å². The summed E-state index contributed by atoms with van der Waals surface area (Å²) in [5, 5.41) is 8.96. The van der Waals surface area contributed by atoms with Crippen molar-refractivity contribution in [3.63, 3.8) is 0 Å². The van der Waals surface area contributed by atoms with Crippen LogP contribution in [0.4, 0.5) is 0 Å². The summed E-state index contributed by atoms with van der Waals surface area (Å²) in [5.74, 6) is 0.0828. The van der Waals surface area contributed by atoms with Crippen molar-refractivity contribution < 1.29 is 9.90 Å². The lowest BCUT2D eigenvalue weighted by atomic mass is 9.89. The number of hydrogen-bond donors (Lipinski definition) is 1. The average Bonchev–Trinajstić information content (AvgIpc) is 2.60. The van der Waals surface area contributed by atoms with Crippen LogP contribution in [0.2, 0.25) is 0 Å². The van der Waals surface area contributed by atoms with Crippen LogP contribution in [-0.2, 0) is 4.79 Å². The summed E-state index contributed by atoms with van der Waals surface area (Å²) in [4.78, 5) is 12.1. The zero-order valence-corrected chi connectivity index (χ0v) is 8.75. The number of carboxylic acids is 1. The second-order valence-corrected chi connectivity index (χ2v) is 4.64. The predicted molar refractivity (Wildman–Crippen MR) is 56.7 cm³/mol. The fourth-order valence-corrected chi connectivity index (χ4v) is 3.16. The zero-order valence-electron chi connectivity index (χ0n) is 7.93. The largest absolute Gasteiger partial charge is 0.481 e. The van der Waals surface area contributed by atoms with Crippen molar-refractivity contribution in [1.82, 2.24) is 0 Å². The molecule has 1 aliphatic rings. The molecule has 0 radical (unpaired) electrons. The first kappa shape index (κ1) is 9.59. The van der Waals surface area contributed by atoms with Crippen molar-refractivity contribution >= 4 is 17.7 Å². The molecule has 0 saturated heterocycles. The first-order valence-corrected chi connectivity index (χ1v) is 5.63. The van der Waals surface area contributed by atoms with Crippen LogP contribution in [0.25, 0.3) is 0 Å². The Bertz CT molecular complexity index is 362. The minimum absolute atomic E-state index is 0.175. The number of benzene rings is 1. The molecule has 2 unspecified atom stereocenters. The normalized spacial score (nSPS) is 21.6. The fourth-order valence-electron chi connectivity index (χ4n) is 1.77. The Morgan fingerprint density at radius 3 is 3.00 bits per heavy atom. The van der Waals surface area contributed by atoms with Gasteiger partial charge in [0, 0.05) is 16.6 Å². The highest BCUT2D eigenvalue weighted by molar-refractivity contribution is 7.99. The van der Waals surface area contributed by atoms with E-state index >= 15 is 0 Å². The standard InChI is InChI=1S/C11H12O2S/c1-7(11(12)13)9-6-14-10-5-3-2-4-8(9)10/h2-5,7,9H,6H2,1H3,(H,12,13). The fraction of sp³-hybridized carbons (Fsp3) is 0.364. The van der Waals surface area contributed by atoms with E-state index < -0.39 is 5.97 Å². The molecular weight excluding hydrogens is 196 g/mol. The number of aliphatic carboxylic acids is 1. The Hall–Kier alpha value is -0.960. The van der Waals surface area contributed by atoms with Gasteiger partial charge in [0.25, 0.3) is 0 Å². The Morgan fingerprint density at radius 2 is 2.29 bits per heavy atom. The second-order valence-electron chi connectivity index (χ2n) is 3.58. The first-order chi connectivity index (χ1) is 6.70. The molecule has 2 atom stereocenters. The molecule has 1 N–H and O–H groups in total. The molecule has 0 aromatic heterocycles. The van der Waals surface area contributed by atoms with E-state index in [1.807, 2.05) is 18.2 Å². The van der Waals surface area contributed by atoms with Gasteiger partial charge in [-0.25, -0.2) is 0 Å². The van der Waals surface area contributed by atoms with Crippen molar-refractivity contribution in [2.24, 2.45) is 5.92 Å². The Morgan fingerprint density at radius 1 is 1.57 bits per heavy atom. The van der Waals surface area contributed by atoms with E-state index in [1.165, 1.54) is 10.5 Å². The third kappa shape index (κ3) is 1.52. The van der Waals surface area contributed by atoms with E-state index in [9.17, 15) is 4.79 Å². The van der Waals surface area contributed by atoms with Gasteiger partial charge in [0.1, 0.15) is 0 Å². The minimum atomic E-state index is -0.702. The Balaban J connectivity index is 2.30. The summed E-state index contributed by atoms with van der Waals surface area (Å²) >= 11 is 1.76. The Labute approximate surface area is 87.3 Å². The second kappa shape index (κ2) is 3.65. The molecule has 0 amide bonds. The van der Waals surface area contributed by atoms with Crippen LogP contribution in [0.15, 0.2) is 29.2 Å². The predicted octanol–water partition coefficient (Wildman–Crippen LogP) is 2.60. The van der Waals surface area contributed by atoms with Gasteiger partial charge in [0.15, 0.2) is 0 Å². The zero-order chi connectivity index (χ0) is 10.1. The number of thioether (sulfide) groups is 1. The van der Waals surface area contributed by atoms with Gasteiger partial charge < -0.3 is 5.11 Å². The average molecular weight is 208 g/mol. The molecule has 0 fully saturated rings. The molecule has 1 aliphatic heterocycles. The van der Waals surface area contributed by atoms with Crippen molar-refractivity contribution in [3.8, 4) is 0 Å². The summed E-state index contributed by atoms with van der Waals surface area (Å²) in [5.41, 5.74) is 1.20. The van der Waals surface area contributed by atoms with E-state index in [0.717, 1.165) is 5.75 Å². The van der Waals surface area contributed by atoms with Crippen LogP contribution < -0.4 is 0 Å². The maximum atomic E-state index is 10.9. The van der Waals surface area contributed by atoms with Gasteiger partial charge >= 0.3 is 5.97 Å². The number of hydrogen-bond acceptors (Lipinski definition) is 2. The smallest absolute Gasteiger partial charge is 0.306 e. The lowest BCUT2D eigenvalue weighted by molar-refractivity contribution is -0.141. The third-order valence-corrected chi connectivity index (χ3v) is 3.94. The van der Waals surface area contributed by atoms with Gasteiger partial charge in [0.05, 0.1) is 5.92 Å². The molecule has 2 rings (SSSR count). The van der Waals surface area contributed by atoms with Crippen LogP contribution in [0.3, 0.4) is 0 Å². The molecule has 0 bridgehead atoms. The minimum Gasteiger partial charge on any atom is -0.481 e. The molecule has 3 heteroatoms. The van der Waals surface area contributed by atoms with Crippen molar-refractivity contribution in [3.05, 3.63) is 29.8 Å². The molecule has 14 heavy (non-hydrogen) atoms. The highest BCUT2D eigenvalue weighted by Crippen LogP contribution is 2.42. The summed E-state index contributed by atoms with van der Waals surface area (Å²) in [7, 11) is 0. The molecular formula is C11H12O2S. The van der Waals surface area contributed by atoms with Gasteiger partial charge in [-0.2, -0.15) is 0 Å². The molecule has 2 nitrogen and oxygen atoms in total. The maximum Gasteiger partial charge on any atom is 0.306 e. The number of carbonyl (C=O) groups is 1. The van der Waals surface area contributed by atoms with Gasteiger partial charge in [-0.3, -0.25) is 4.79 Å². The molecule has 1 heterocycles. The topological polar surface area (TPSA) is 37.3 Å². The summed E-state index contributed by atoms with van der Waals surface area (Å²) in [6, 6.07) is 8.08. The highest BCUT2D eigenvalue weighted by atomic mass is 32.2. The van der Waals surface area contributed by atoms with E-state index in [0.29, 0.717) is 0 Å². The number of carboxylic acid groups (broad SMARTS) is 1. The first-order valence-electron chi connectivity index (χ1n) is 4.64. The van der Waals surface area contributed by atoms with Crippen LogP contribution in [0.1, 0.15) is 18.4 Å². The van der Waals surface area contributed by atoms with E-state index in [2.05, 4.69) is 6.07 Å². The van der Waals surface area contributed by atoms with E-state index in [1.54, 1.807) is 18.7 Å². The van der Waals surface area contributed by atoms with Crippen LogP contribution in [0.5, 0.6) is 0 Å². The maximum absolute atomic E-state index is 10.9. The monoisotopic (exact) mass is 208 g/mol. The van der Waals surface area contributed by atoms with Crippen molar-refractivity contribution in [2.45, 2.75) is 17.7 Å². The van der Waals surface area contributed by atoms with Gasteiger partial charge in [-0.05, 0) is 11.6 Å². The molecule has 1 aromatic rings. The van der Waals surface area contributed by atoms with Crippen molar-refractivity contribution in [2.75, 3.05) is 5.75 Å². The summed E-state index contributed by atoms with van der Waals surface area (Å²) < 4.78 is 0. The molecule has 0 spiro atoms. The number of fused-ring (bicyclic) bond motifs is 1. The third-order valence-electron chi connectivity index (χ3n) is 2.73. The van der Waals surface area contributed by atoms with Gasteiger partial charge in [-0.1, -0.05) is 25.1 Å². The number of rotatable bonds is 2. The molecule has 0 saturated carbocycles. The van der Waals surface area contributed by atoms with Crippen LogP contribution in [-0.4, -0.2) is 16.8 Å². The van der Waals surface area contributed by atoms with Crippen LogP contribution in [0, 0.1) is 5.92 Å². The molecule has 0 aliphatic carbocycles. The van der Waals surface area contributed by atoms with Gasteiger partial charge in [0.2, 0.25) is 0 Å². The SMILES string of the molecule is CC(C(=O)O)C1CSc2ccccc21.